The van der Waals surface area contributed by atoms with Crippen LogP contribution in [0.5, 0.6) is 0 Å². The number of hydrogen-bond donors (Lipinski definition) is 0. The Kier molecular flexibility index (Phi) is 10.3. The highest BCUT2D eigenvalue weighted by molar-refractivity contribution is 9.09. The number of aryl methyl sites for hydroxylation is 1. The Balaban J connectivity index is 0.000000480. The number of anilines is 1. The second-order valence-electron chi connectivity index (χ2n) is 5.65. The van der Waals surface area contributed by atoms with Crippen molar-refractivity contribution >= 4 is 27.5 Å². The number of nitrogens with zero attached hydrogens (tertiary/aromatic N) is 2. The number of carbonyl (C=O) groups excluding carboxylic acids is 1. The molecule has 0 radical (unpaired) electrons. The third-order valence-corrected chi connectivity index (χ3v) is 4.48. The summed E-state index contributed by atoms with van der Waals surface area (Å²) in [6.45, 7) is 0.0157. The lowest BCUT2D eigenvalue weighted by Gasteiger charge is -2.31. The number of fused-ring (bicyclic) bond motifs is 1. The number of ether oxygens (including phenoxy) is 4. The van der Waals surface area contributed by atoms with Gasteiger partial charge in [0, 0.05) is 47.5 Å². The summed E-state index contributed by atoms with van der Waals surface area (Å²) in [6, 6.07) is 0.946. The highest BCUT2D eigenvalue weighted by Crippen LogP contribution is 2.34. The van der Waals surface area contributed by atoms with Gasteiger partial charge in [0.25, 0.3) is 0 Å². The van der Waals surface area contributed by atoms with Gasteiger partial charge >= 0.3 is 6.18 Å². The Bertz CT molecular complexity index is 620. The minimum Gasteiger partial charge on any atom is -0.355 e. The predicted octanol–water partition coefficient (Wildman–Crippen LogP) is 3.00. The first kappa shape index (κ1) is 24.8. The molecule has 0 saturated heterocycles. The Morgan fingerprint density at radius 2 is 1.68 bits per heavy atom. The molecule has 0 bridgehead atoms. The summed E-state index contributed by atoms with van der Waals surface area (Å²) in [5, 5.41) is 0.722. The summed E-state index contributed by atoms with van der Waals surface area (Å²) in [4.78, 5) is 17.1. The molecule has 0 saturated carbocycles. The van der Waals surface area contributed by atoms with E-state index < -0.39 is 18.0 Å². The summed E-state index contributed by atoms with van der Waals surface area (Å²) in [7, 11) is 6.01. The van der Waals surface area contributed by atoms with Crippen LogP contribution in [0.1, 0.15) is 17.7 Å². The molecular formula is C17H24BrF3N2O5. The van der Waals surface area contributed by atoms with Crippen molar-refractivity contribution in [1.82, 2.24) is 4.98 Å². The van der Waals surface area contributed by atoms with E-state index >= 15 is 0 Å². The van der Waals surface area contributed by atoms with Crippen LogP contribution in [-0.4, -0.2) is 63.8 Å². The van der Waals surface area contributed by atoms with Crippen molar-refractivity contribution in [3.8, 4) is 0 Å². The van der Waals surface area contributed by atoms with E-state index in [-0.39, 0.29) is 30.9 Å². The van der Waals surface area contributed by atoms with Crippen LogP contribution in [0.25, 0.3) is 0 Å². The summed E-state index contributed by atoms with van der Waals surface area (Å²) in [5.74, 6) is -0.275. The number of amides is 1. The Morgan fingerprint density at radius 3 is 2.11 bits per heavy atom. The minimum atomic E-state index is -4.50. The van der Waals surface area contributed by atoms with Crippen LogP contribution in [0.2, 0.25) is 0 Å². The van der Waals surface area contributed by atoms with E-state index in [4.69, 9.17) is 18.9 Å². The molecule has 1 aromatic rings. The highest BCUT2D eigenvalue weighted by Gasteiger charge is 2.34. The van der Waals surface area contributed by atoms with E-state index in [2.05, 4.69) is 20.9 Å². The van der Waals surface area contributed by atoms with E-state index in [1.807, 2.05) is 0 Å². The molecule has 1 aliphatic heterocycles. The average molecular weight is 473 g/mol. The van der Waals surface area contributed by atoms with Crippen molar-refractivity contribution in [2.75, 3.05) is 45.2 Å². The van der Waals surface area contributed by atoms with Crippen LogP contribution in [-0.2, 0) is 36.3 Å². The van der Waals surface area contributed by atoms with Crippen molar-refractivity contribution < 1.29 is 36.9 Å². The van der Waals surface area contributed by atoms with E-state index in [9.17, 15) is 18.0 Å². The average Bonchev–Trinajstić information content (AvgIpc) is 2.68. The molecule has 0 aliphatic carbocycles. The lowest BCUT2D eigenvalue weighted by atomic mass is 10.0. The van der Waals surface area contributed by atoms with Gasteiger partial charge in [0.1, 0.15) is 0 Å². The molecule has 0 spiro atoms. The van der Waals surface area contributed by atoms with Gasteiger partial charge < -0.3 is 23.8 Å². The molecule has 1 aromatic heterocycles. The zero-order chi connectivity index (χ0) is 21.3. The molecule has 0 aromatic carbocycles. The third kappa shape index (κ3) is 6.96. The molecule has 1 aliphatic rings. The first-order chi connectivity index (χ1) is 13.2. The maximum absolute atomic E-state index is 12.8. The number of aromatic nitrogens is 1. The van der Waals surface area contributed by atoms with Crippen molar-refractivity contribution in [3.05, 3.63) is 23.5 Å². The minimum absolute atomic E-state index is 0.0157. The van der Waals surface area contributed by atoms with Gasteiger partial charge in [0.2, 0.25) is 5.91 Å². The molecule has 11 heteroatoms. The van der Waals surface area contributed by atoms with Crippen molar-refractivity contribution in [2.24, 2.45) is 0 Å². The van der Waals surface area contributed by atoms with E-state index in [1.54, 1.807) is 14.2 Å². The third-order valence-electron chi connectivity index (χ3n) is 3.95. The number of pyridine rings is 1. The van der Waals surface area contributed by atoms with Crippen molar-refractivity contribution in [2.45, 2.75) is 31.6 Å². The SMILES string of the molecule is COC(CBr)OC.COC(CN1C(=O)CCc2ncc(C(F)(F)F)cc21)OC. The molecule has 160 valence electrons. The van der Waals surface area contributed by atoms with Gasteiger partial charge in [0.05, 0.1) is 28.8 Å². The fourth-order valence-electron chi connectivity index (χ4n) is 2.37. The van der Waals surface area contributed by atoms with Crippen LogP contribution in [0.3, 0.4) is 0 Å². The van der Waals surface area contributed by atoms with Gasteiger partial charge in [-0.15, -0.1) is 0 Å². The zero-order valence-corrected chi connectivity index (χ0v) is 17.7. The molecule has 2 heterocycles. The summed E-state index contributed by atoms with van der Waals surface area (Å²) < 4.78 is 57.9. The molecule has 0 atom stereocenters. The Morgan fingerprint density at radius 1 is 1.11 bits per heavy atom. The maximum atomic E-state index is 12.8. The second kappa shape index (κ2) is 11.7. The van der Waals surface area contributed by atoms with Crippen LogP contribution in [0.15, 0.2) is 12.3 Å². The van der Waals surface area contributed by atoms with E-state index in [0.717, 1.165) is 17.6 Å². The largest absolute Gasteiger partial charge is 0.417 e. The van der Waals surface area contributed by atoms with Crippen LogP contribution in [0, 0.1) is 0 Å². The summed E-state index contributed by atoms with van der Waals surface area (Å²) >= 11 is 3.19. The molecule has 2 rings (SSSR count). The van der Waals surface area contributed by atoms with Crippen LogP contribution in [0.4, 0.5) is 18.9 Å². The standard InChI is InChI=1S/C13H15F3N2O3.C4H9BrO2/c1-20-12(21-2)7-18-10-5-8(13(14,15)16)6-17-9(10)3-4-11(18)19;1-6-4(3-5)7-2/h5-6,12H,3-4,7H2,1-2H3;4H,3H2,1-2H3. The lowest BCUT2D eigenvalue weighted by Crippen LogP contribution is -2.42. The first-order valence-corrected chi connectivity index (χ1v) is 9.37. The molecule has 7 nitrogen and oxygen atoms in total. The number of methoxy groups -OCH3 is 4. The maximum Gasteiger partial charge on any atom is 0.417 e. The van der Waals surface area contributed by atoms with Crippen molar-refractivity contribution in [3.63, 3.8) is 0 Å². The predicted molar refractivity (Wildman–Crippen MR) is 99.3 cm³/mol. The van der Waals surface area contributed by atoms with Crippen LogP contribution >= 0.6 is 15.9 Å². The number of halogens is 4. The number of hydrogen-bond acceptors (Lipinski definition) is 6. The fourth-order valence-corrected chi connectivity index (χ4v) is 2.90. The summed E-state index contributed by atoms with van der Waals surface area (Å²) in [5.41, 5.74) is -0.249. The van der Waals surface area contributed by atoms with Gasteiger partial charge in [0.15, 0.2) is 12.6 Å². The monoisotopic (exact) mass is 472 g/mol. The topological polar surface area (TPSA) is 70.1 Å². The van der Waals surface area contributed by atoms with E-state index in [1.165, 1.54) is 19.1 Å². The first-order valence-electron chi connectivity index (χ1n) is 8.25. The molecule has 28 heavy (non-hydrogen) atoms. The number of alkyl halides is 4. The zero-order valence-electron chi connectivity index (χ0n) is 16.1. The molecular weight excluding hydrogens is 449 g/mol. The fraction of sp³-hybridized carbons (Fsp3) is 0.647. The molecule has 0 unspecified atom stereocenters. The Hall–Kier alpha value is -1.27. The smallest absolute Gasteiger partial charge is 0.355 e. The number of rotatable bonds is 7. The normalized spacial score (nSPS) is 14.2. The molecule has 0 N–H and O–H groups in total. The number of carbonyl (C=O) groups is 1. The summed E-state index contributed by atoms with van der Waals surface area (Å²) in [6.07, 6.45) is -4.00. The quantitative estimate of drug-likeness (QED) is 0.448. The lowest BCUT2D eigenvalue weighted by molar-refractivity contribution is -0.138. The molecule has 0 fully saturated rings. The second-order valence-corrected chi connectivity index (χ2v) is 6.30. The van der Waals surface area contributed by atoms with Gasteiger partial charge in [-0.05, 0) is 6.07 Å². The van der Waals surface area contributed by atoms with Gasteiger partial charge in [-0.1, -0.05) is 15.9 Å². The van der Waals surface area contributed by atoms with Gasteiger partial charge in [-0.25, -0.2) is 0 Å². The van der Waals surface area contributed by atoms with Gasteiger partial charge in [-0.3, -0.25) is 9.78 Å². The van der Waals surface area contributed by atoms with E-state index in [0.29, 0.717) is 12.1 Å². The van der Waals surface area contributed by atoms with Crippen LogP contribution < -0.4 is 4.90 Å². The molecule has 1 amide bonds. The highest BCUT2D eigenvalue weighted by atomic mass is 79.9. The van der Waals surface area contributed by atoms with Crippen molar-refractivity contribution in [1.29, 1.82) is 0 Å². The Labute approximate surface area is 170 Å². The van der Waals surface area contributed by atoms with Gasteiger partial charge in [-0.2, -0.15) is 13.2 Å².